The molecule has 0 spiro atoms. The molecular weight excluding hydrogens is 202 g/mol. The van der Waals surface area contributed by atoms with Gasteiger partial charge in [-0.1, -0.05) is 0 Å². The molecule has 1 atom stereocenters. The first kappa shape index (κ1) is 11.6. The van der Waals surface area contributed by atoms with Gasteiger partial charge < -0.3 is 14.6 Å². The summed E-state index contributed by atoms with van der Waals surface area (Å²) in [6.45, 7) is 3.57. The Hall–Kier alpha value is -0.520. The van der Waals surface area contributed by atoms with Crippen molar-refractivity contribution in [3.8, 4) is 0 Å². The first-order valence-electron chi connectivity index (χ1n) is 4.43. The third-order valence-corrected chi connectivity index (χ3v) is 2.89. The number of aliphatic hydroxyl groups is 2. The van der Waals surface area contributed by atoms with Crippen molar-refractivity contribution in [2.24, 2.45) is 0 Å². The van der Waals surface area contributed by atoms with Gasteiger partial charge >= 0.3 is 0 Å². The van der Waals surface area contributed by atoms with Crippen LogP contribution in [0.1, 0.15) is 17.3 Å². The number of aromatic nitrogens is 1. The zero-order valence-electron chi connectivity index (χ0n) is 8.36. The second-order valence-electron chi connectivity index (χ2n) is 3.10. The van der Waals surface area contributed by atoms with E-state index in [4.69, 9.17) is 14.6 Å². The van der Waals surface area contributed by atoms with E-state index >= 15 is 0 Å². The lowest BCUT2D eigenvalue weighted by Gasteiger charge is -2.04. The topological polar surface area (TPSA) is 66.5 Å². The van der Waals surface area contributed by atoms with Crippen LogP contribution in [0.15, 0.2) is 4.42 Å². The normalized spacial score (nSPS) is 13.1. The van der Waals surface area contributed by atoms with Crippen LogP contribution < -0.4 is 0 Å². The van der Waals surface area contributed by atoms with Gasteiger partial charge in [-0.05, 0) is 13.8 Å². The van der Waals surface area contributed by atoms with Gasteiger partial charge in [-0.25, -0.2) is 4.98 Å². The maximum absolute atomic E-state index is 9.07. The van der Waals surface area contributed by atoms with Crippen molar-refractivity contribution in [3.05, 3.63) is 17.3 Å². The summed E-state index contributed by atoms with van der Waals surface area (Å²) < 4.78 is 5.35. The lowest BCUT2D eigenvalue weighted by molar-refractivity contribution is 0.113. The van der Waals surface area contributed by atoms with Crippen molar-refractivity contribution in [1.82, 2.24) is 4.98 Å². The van der Waals surface area contributed by atoms with Gasteiger partial charge in [-0.3, -0.25) is 0 Å². The molecule has 0 radical (unpaired) electrons. The molecule has 1 heterocycles. The molecule has 0 aliphatic heterocycles. The highest BCUT2D eigenvalue weighted by atomic mass is 32.2. The number of aryl methyl sites for hydroxylation is 2. The highest BCUT2D eigenvalue weighted by Gasteiger charge is 2.07. The van der Waals surface area contributed by atoms with Crippen molar-refractivity contribution >= 4 is 11.8 Å². The second-order valence-corrected chi connectivity index (χ2v) is 4.13. The monoisotopic (exact) mass is 217 g/mol. The van der Waals surface area contributed by atoms with Crippen LogP contribution in [0, 0.1) is 13.8 Å². The Bertz CT molecular complexity index is 268. The molecule has 1 aromatic rings. The Balaban J connectivity index is 2.31. The van der Waals surface area contributed by atoms with E-state index in [0.717, 1.165) is 11.5 Å². The van der Waals surface area contributed by atoms with Crippen LogP contribution in [0.4, 0.5) is 0 Å². The number of rotatable bonds is 5. The minimum absolute atomic E-state index is 0.198. The molecule has 80 valence electrons. The molecule has 0 fully saturated rings. The van der Waals surface area contributed by atoms with Crippen LogP contribution in [0.2, 0.25) is 0 Å². The molecule has 5 heteroatoms. The molecule has 2 N–H and O–H groups in total. The SMILES string of the molecule is Cc1nc(CSCC(O)CO)oc1C. The summed E-state index contributed by atoms with van der Waals surface area (Å²) in [6, 6.07) is 0. The van der Waals surface area contributed by atoms with Gasteiger partial charge in [-0.15, -0.1) is 11.8 Å². The summed E-state index contributed by atoms with van der Waals surface area (Å²) in [5.74, 6) is 2.64. The molecule has 0 saturated heterocycles. The summed E-state index contributed by atoms with van der Waals surface area (Å²) in [4.78, 5) is 4.20. The van der Waals surface area contributed by atoms with Crippen molar-refractivity contribution in [3.63, 3.8) is 0 Å². The maximum Gasteiger partial charge on any atom is 0.204 e. The van der Waals surface area contributed by atoms with Crippen LogP contribution >= 0.6 is 11.8 Å². The average Bonchev–Trinajstić information content (AvgIpc) is 2.46. The molecule has 0 bridgehead atoms. The minimum Gasteiger partial charge on any atom is -0.445 e. The summed E-state index contributed by atoms with van der Waals surface area (Å²) in [6.07, 6.45) is -0.655. The summed E-state index contributed by atoms with van der Waals surface area (Å²) in [7, 11) is 0. The summed E-state index contributed by atoms with van der Waals surface area (Å²) in [5.41, 5.74) is 0.906. The molecule has 0 aliphatic carbocycles. The van der Waals surface area contributed by atoms with Gasteiger partial charge in [0, 0.05) is 5.75 Å². The minimum atomic E-state index is -0.655. The molecule has 14 heavy (non-hydrogen) atoms. The Labute approximate surface area is 87.3 Å². The third kappa shape index (κ3) is 3.32. The lowest BCUT2D eigenvalue weighted by Crippen LogP contribution is -2.14. The molecule has 0 aliphatic rings. The quantitative estimate of drug-likeness (QED) is 0.766. The molecule has 0 saturated carbocycles. The van der Waals surface area contributed by atoms with Crippen LogP contribution in [-0.4, -0.2) is 33.7 Å². The predicted molar refractivity (Wildman–Crippen MR) is 55.2 cm³/mol. The molecule has 0 amide bonds. The number of thioether (sulfide) groups is 1. The summed E-state index contributed by atoms with van der Waals surface area (Å²) >= 11 is 1.49. The summed E-state index contributed by atoms with van der Waals surface area (Å²) in [5, 5.41) is 17.7. The lowest BCUT2D eigenvalue weighted by atomic mass is 10.4. The number of hydrogen-bond acceptors (Lipinski definition) is 5. The number of oxazole rings is 1. The van der Waals surface area contributed by atoms with Crippen molar-refractivity contribution in [1.29, 1.82) is 0 Å². The van der Waals surface area contributed by atoms with Gasteiger partial charge in [0.2, 0.25) is 5.89 Å². The molecule has 1 rings (SSSR count). The van der Waals surface area contributed by atoms with E-state index in [9.17, 15) is 0 Å². The van der Waals surface area contributed by atoms with E-state index in [1.165, 1.54) is 11.8 Å². The maximum atomic E-state index is 9.07. The first-order valence-corrected chi connectivity index (χ1v) is 5.58. The van der Waals surface area contributed by atoms with E-state index < -0.39 is 6.10 Å². The van der Waals surface area contributed by atoms with E-state index in [0.29, 0.717) is 17.4 Å². The smallest absolute Gasteiger partial charge is 0.204 e. The molecule has 1 aromatic heterocycles. The Morgan fingerprint density at radius 1 is 1.50 bits per heavy atom. The number of aliphatic hydroxyl groups excluding tert-OH is 2. The van der Waals surface area contributed by atoms with Crippen LogP contribution in [0.25, 0.3) is 0 Å². The fraction of sp³-hybridized carbons (Fsp3) is 0.667. The van der Waals surface area contributed by atoms with Crippen molar-refractivity contribution < 1.29 is 14.6 Å². The zero-order chi connectivity index (χ0) is 10.6. The van der Waals surface area contributed by atoms with E-state index in [1.807, 2.05) is 13.8 Å². The fourth-order valence-corrected chi connectivity index (χ4v) is 1.73. The van der Waals surface area contributed by atoms with Crippen molar-refractivity contribution in [2.45, 2.75) is 25.7 Å². The fourth-order valence-electron chi connectivity index (χ4n) is 0.936. The van der Waals surface area contributed by atoms with Crippen LogP contribution in [0.3, 0.4) is 0 Å². The third-order valence-electron chi connectivity index (χ3n) is 1.82. The van der Waals surface area contributed by atoms with Crippen LogP contribution in [-0.2, 0) is 5.75 Å². The zero-order valence-corrected chi connectivity index (χ0v) is 9.17. The van der Waals surface area contributed by atoms with E-state index in [1.54, 1.807) is 0 Å². The van der Waals surface area contributed by atoms with Gasteiger partial charge in [0.15, 0.2) is 0 Å². The Morgan fingerprint density at radius 3 is 2.71 bits per heavy atom. The van der Waals surface area contributed by atoms with Gasteiger partial charge in [0.1, 0.15) is 5.76 Å². The first-order chi connectivity index (χ1) is 6.63. The molecular formula is C9H15NO3S. The molecule has 0 aromatic carbocycles. The largest absolute Gasteiger partial charge is 0.445 e. The number of hydrogen-bond donors (Lipinski definition) is 2. The number of nitrogens with zero attached hydrogens (tertiary/aromatic N) is 1. The van der Waals surface area contributed by atoms with Gasteiger partial charge in [0.05, 0.1) is 24.2 Å². The Kier molecular flexibility index (Phi) is 4.44. The highest BCUT2D eigenvalue weighted by molar-refractivity contribution is 7.98. The highest BCUT2D eigenvalue weighted by Crippen LogP contribution is 2.15. The molecule has 4 nitrogen and oxygen atoms in total. The Morgan fingerprint density at radius 2 is 2.21 bits per heavy atom. The molecule has 1 unspecified atom stereocenters. The van der Waals surface area contributed by atoms with Crippen LogP contribution in [0.5, 0.6) is 0 Å². The predicted octanol–water partition coefficient (Wildman–Crippen LogP) is 0.878. The standard InChI is InChI=1S/C9H15NO3S/c1-6-7(2)13-9(10-6)5-14-4-8(12)3-11/h8,11-12H,3-5H2,1-2H3. The second kappa shape index (κ2) is 5.38. The van der Waals surface area contributed by atoms with Gasteiger partial charge in [0.25, 0.3) is 0 Å². The van der Waals surface area contributed by atoms with Crippen molar-refractivity contribution in [2.75, 3.05) is 12.4 Å². The van der Waals surface area contributed by atoms with Gasteiger partial charge in [-0.2, -0.15) is 0 Å². The average molecular weight is 217 g/mol. The van der Waals surface area contributed by atoms with E-state index in [2.05, 4.69) is 4.98 Å². The van der Waals surface area contributed by atoms with E-state index in [-0.39, 0.29) is 6.61 Å².